The molecule has 0 aromatic heterocycles. The van der Waals surface area contributed by atoms with Crippen molar-refractivity contribution in [2.45, 2.75) is 51.7 Å². The van der Waals surface area contributed by atoms with Gasteiger partial charge in [-0.3, -0.25) is 4.90 Å². The molecular weight excluding hydrogens is 301 g/mol. The second-order valence-corrected chi connectivity index (χ2v) is 6.69. The summed E-state index contributed by atoms with van der Waals surface area (Å²) in [6.45, 7) is 7.06. The number of benzene rings is 1. The number of carbonyl (C=O) groups excluding carboxylic acids is 1. The standard InChI is InChI=1S/C17H22FNO4/c1-5-19(15(22)23-16(2,3)4)17(14(20)21)9-8-11-10-12(18)6-7-13(11)17/h6-7,10H,5,8-9H2,1-4H3,(H,20,21). The fourth-order valence-electron chi connectivity index (χ4n) is 3.11. The van der Waals surface area contributed by atoms with Gasteiger partial charge in [0.25, 0.3) is 0 Å². The van der Waals surface area contributed by atoms with Crippen molar-refractivity contribution in [1.29, 1.82) is 0 Å². The molecule has 23 heavy (non-hydrogen) atoms. The molecule has 126 valence electrons. The van der Waals surface area contributed by atoms with E-state index in [0.29, 0.717) is 17.5 Å². The summed E-state index contributed by atoms with van der Waals surface area (Å²) < 4.78 is 18.8. The number of fused-ring (bicyclic) bond motifs is 1. The molecule has 1 aromatic rings. The smallest absolute Gasteiger partial charge is 0.411 e. The molecule has 0 spiro atoms. The molecule has 0 fully saturated rings. The fraction of sp³-hybridized carbons (Fsp3) is 0.529. The Kier molecular flexibility index (Phi) is 4.37. The van der Waals surface area contributed by atoms with Crippen LogP contribution in [0, 0.1) is 5.82 Å². The fourth-order valence-corrected chi connectivity index (χ4v) is 3.11. The van der Waals surface area contributed by atoms with Crippen LogP contribution in [0.25, 0.3) is 0 Å². The minimum Gasteiger partial charge on any atom is -0.479 e. The molecule has 2 rings (SSSR count). The summed E-state index contributed by atoms with van der Waals surface area (Å²) in [6.07, 6.45) is -0.0769. The SMILES string of the molecule is CCN(C(=O)OC(C)(C)C)C1(C(=O)O)CCc2cc(F)ccc21. The molecule has 6 heteroatoms. The topological polar surface area (TPSA) is 66.8 Å². The number of carboxylic acid groups (broad SMARTS) is 1. The average molecular weight is 323 g/mol. The molecule has 5 nitrogen and oxygen atoms in total. The number of hydrogen-bond acceptors (Lipinski definition) is 3. The van der Waals surface area contributed by atoms with Crippen molar-refractivity contribution in [2.24, 2.45) is 0 Å². The van der Waals surface area contributed by atoms with Crippen molar-refractivity contribution in [3.05, 3.63) is 35.1 Å². The highest BCUT2D eigenvalue weighted by molar-refractivity contribution is 5.87. The molecule has 1 N–H and O–H groups in total. The summed E-state index contributed by atoms with van der Waals surface area (Å²) in [5, 5.41) is 9.89. The zero-order chi connectivity index (χ0) is 17.4. The molecule has 0 saturated heterocycles. The van der Waals surface area contributed by atoms with E-state index in [1.165, 1.54) is 23.1 Å². The molecule has 0 saturated carbocycles. The number of aliphatic carboxylic acids is 1. The first kappa shape index (κ1) is 17.2. The molecule has 0 heterocycles. The van der Waals surface area contributed by atoms with Crippen LogP contribution in [0.3, 0.4) is 0 Å². The maximum Gasteiger partial charge on any atom is 0.411 e. The Morgan fingerprint density at radius 3 is 2.57 bits per heavy atom. The van der Waals surface area contributed by atoms with E-state index in [2.05, 4.69) is 0 Å². The van der Waals surface area contributed by atoms with Gasteiger partial charge in [-0.15, -0.1) is 0 Å². The van der Waals surface area contributed by atoms with Gasteiger partial charge in [-0.05, 0) is 63.8 Å². The Labute approximate surface area is 135 Å². The predicted octanol–water partition coefficient (Wildman–Crippen LogP) is 3.31. The number of nitrogens with zero attached hydrogens (tertiary/aromatic N) is 1. The lowest BCUT2D eigenvalue weighted by molar-refractivity contribution is -0.152. The largest absolute Gasteiger partial charge is 0.479 e. The number of carboxylic acids is 1. The number of amides is 1. The number of carbonyl (C=O) groups is 2. The van der Waals surface area contributed by atoms with Gasteiger partial charge < -0.3 is 9.84 Å². The summed E-state index contributed by atoms with van der Waals surface area (Å²) in [6, 6.07) is 4.02. The van der Waals surface area contributed by atoms with Crippen molar-refractivity contribution in [1.82, 2.24) is 4.90 Å². The van der Waals surface area contributed by atoms with Crippen molar-refractivity contribution in [3.63, 3.8) is 0 Å². The van der Waals surface area contributed by atoms with Crippen LogP contribution in [-0.2, 0) is 21.5 Å². The average Bonchev–Trinajstić information content (AvgIpc) is 2.77. The van der Waals surface area contributed by atoms with Crippen LogP contribution < -0.4 is 0 Å². The van der Waals surface area contributed by atoms with E-state index in [9.17, 15) is 19.1 Å². The lowest BCUT2D eigenvalue weighted by Crippen LogP contribution is -2.54. The van der Waals surface area contributed by atoms with Crippen LogP contribution in [0.4, 0.5) is 9.18 Å². The van der Waals surface area contributed by atoms with Gasteiger partial charge in [0.15, 0.2) is 5.54 Å². The van der Waals surface area contributed by atoms with Crippen LogP contribution in [0.5, 0.6) is 0 Å². The zero-order valence-electron chi connectivity index (χ0n) is 13.9. The van der Waals surface area contributed by atoms with Crippen molar-refractivity contribution in [2.75, 3.05) is 6.54 Å². The van der Waals surface area contributed by atoms with Gasteiger partial charge in [-0.25, -0.2) is 14.0 Å². The van der Waals surface area contributed by atoms with Crippen LogP contribution in [0.2, 0.25) is 0 Å². The van der Waals surface area contributed by atoms with E-state index in [4.69, 9.17) is 4.74 Å². The van der Waals surface area contributed by atoms with Gasteiger partial charge in [0.2, 0.25) is 0 Å². The second kappa shape index (κ2) is 5.83. The summed E-state index contributed by atoms with van der Waals surface area (Å²) in [7, 11) is 0. The second-order valence-electron chi connectivity index (χ2n) is 6.69. The summed E-state index contributed by atoms with van der Waals surface area (Å²) in [5.74, 6) is -1.54. The molecule has 1 aliphatic rings. The van der Waals surface area contributed by atoms with Gasteiger partial charge in [0.05, 0.1) is 0 Å². The molecule has 1 amide bonds. The number of likely N-dealkylation sites (N-methyl/N-ethyl adjacent to an activating group) is 1. The van der Waals surface area contributed by atoms with Crippen LogP contribution >= 0.6 is 0 Å². The van der Waals surface area contributed by atoms with E-state index in [1.54, 1.807) is 27.7 Å². The minimum atomic E-state index is -1.51. The molecule has 1 unspecified atom stereocenters. The highest BCUT2D eigenvalue weighted by Gasteiger charge is 2.52. The maximum atomic E-state index is 13.4. The number of halogens is 1. The third-order valence-electron chi connectivity index (χ3n) is 4.01. The molecular formula is C17H22FNO4. The van der Waals surface area contributed by atoms with Crippen molar-refractivity contribution in [3.8, 4) is 0 Å². The normalized spacial score (nSPS) is 20.0. The lowest BCUT2D eigenvalue weighted by atomic mass is 9.90. The lowest BCUT2D eigenvalue weighted by Gasteiger charge is -2.38. The van der Waals surface area contributed by atoms with Gasteiger partial charge in [-0.1, -0.05) is 6.07 Å². The van der Waals surface area contributed by atoms with Crippen LogP contribution in [-0.4, -0.2) is 34.2 Å². The van der Waals surface area contributed by atoms with Gasteiger partial charge in [0.1, 0.15) is 11.4 Å². The number of rotatable bonds is 3. The maximum absolute atomic E-state index is 13.4. The van der Waals surface area contributed by atoms with Crippen LogP contribution in [0.1, 0.15) is 45.2 Å². The van der Waals surface area contributed by atoms with E-state index in [0.717, 1.165) is 0 Å². The Morgan fingerprint density at radius 1 is 1.39 bits per heavy atom. The highest BCUT2D eigenvalue weighted by Crippen LogP contribution is 2.43. The molecule has 1 aromatic carbocycles. The van der Waals surface area contributed by atoms with E-state index in [1.807, 2.05) is 0 Å². The number of ether oxygens (including phenoxy) is 1. The third kappa shape index (κ3) is 3.02. The predicted molar refractivity (Wildman–Crippen MR) is 82.6 cm³/mol. The van der Waals surface area contributed by atoms with Gasteiger partial charge in [-0.2, -0.15) is 0 Å². The molecule has 1 aliphatic carbocycles. The first-order valence-corrected chi connectivity index (χ1v) is 7.64. The van der Waals surface area contributed by atoms with E-state index < -0.39 is 29.0 Å². The zero-order valence-corrected chi connectivity index (χ0v) is 13.9. The Balaban J connectivity index is 2.51. The first-order chi connectivity index (χ1) is 10.6. The van der Waals surface area contributed by atoms with Gasteiger partial charge >= 0.3 is 12.1 Å². The van der Waals surface area contributed by atoms with E-state index >= 15 is 0 Å². The van der Waals surface area contributed by atoms with E-state index in [-0.39, 0.29) is 13.0 Å². The Bertz CT molecular complexity index is 638. The van der Waals surface area contributed by atoms with Gasteiger partial charge in [0, 0.05) is 6.54 Å². The van der Waals surface area contributed by atoms with Crippen molar-refractivity contribution < 1.29 is 23.8 Å². The third-order valence-corrected chi connectivity index (χ3v) is 4.01. The molecule has 0 aliphatic heterocycles. The minimum absolute atomic E-state index is 0.179. The number of hydrogen-bond donors (Lipinski definition) is 1. The Hall–Kier alpha value is -2.11. The quantitative estimate of drug-likeness (QED) is 0.927. The first-order valence-electron chi connectivity index (χ1n) is 7.64. The summed E-state index contributed by atoms with van der Waals surface area (Å²) in [4.78, 5) is 25.9. The summed E-state index contributed by atoms with van der Waals surface area (Å²) >= 11 is 0. The molecule has 0 bridgehead atoms. The monoisotopic (exact) mass is 323 g/mol. The molecule has 0 radical (unpaired) electrons. The summed E-state index contributed by atoms with van der Waals surface area (Å²) in [5.41, 5.74) is -1.16. The molecule has 1 atom stereocenters. The van der Waals surface area contributed by atoms with Crippen molar-refractivity contribution >= 4 is 12.1 Å². The Morgan fingerprint density at radius 2 is 2.04 bits per heavy atom. The van der Waals surface area contributed by atoms with Crippen LogP contribution in [0.15, 0.2) is 18.2 Å². The number of aryl methyl sites for hydroxylation is 1. The highest BCUT2D eigenvalue weighted by atomic mass is 19.1.